The van der Waals surface area contributed by atoms with Crippen LogP contribution >= 0.6 is 0 Å². The SMILES string of the molecule is C#CCCC1(CCC(=O)N[C@@H]2CC[C@@H]2c2ccccc2)N=N1. The van der Waals surface area contributed by atoms with Crippen LogP contribution in [0.1, 0.15) is 50.0 Å². The molecule has 1 N–H and O–H groups in total. The van der Waals surface area contributed by atoms with Crippen molar-refractivity contribution in [3.63, 3.8) is 0 Å². The summed E-state index contributed by atoms with van der Waals surface area (Å²) in [6.07, 6.45) is 10.0. The standard InChI is InChI=1S/C18H21N3O/c1-2-3-12-18(20-21-18)13-11-17(22)19-16-10-9-15(16)14-7-5-4-6-8-14/h1,4-8,15-16H,3,9-13H2,(H,19,22)/t15-,16-/m1/s1. The summed E-state index contributed by atoms with van der Waals surface area (Å²) in [4.78, 5) is 12.1. The number of hydrogen-bond acceptors (Lipinski definition) is 3. The lowest BCUT2D eigenvalue weighted by molar-refractivity contribution is -0.122. The van der Waals surface area contributed by atoms with Crippen molar-refractivity contribution in [1.82, 2.24) is 5.32 Å². The molecule has 2 aliphatic rings. The number of nitrogens with one attached hydrogen (secondary N) is 1. The molecule has 2 atom stereocenters. The number of carbonyl (C=O) groups is 1. The van der Waals surface area contributed by atoms with Gasteiger partial charge in [0.15, 0.2) is 5.66 Å². The monoisotopic (exact) mass is 295 g/mol. The zero-order chi connectivity index (χ0) is 15.4. The molecule has 1 fully saturated rings. The Kier molecular flexibility index (Phi) is 4.24. The van der Waals surface area contributed by atoms with Gasteiger partial charge in [-0.05, 0) is 18.4 Å². The van der Waals surface area contributed by atoms with E-state index in [9.17, 15) is 4.79 Å². The molecule has 0 unspecified atom stereocenters. The van der Waals surface area contributed by atoms with E-state index in [1.807, 2.05) is 6.07 Å². The number of terminal acetylenes is 1. The topological polar surface area (TPSA) is 53.8 Å². The first-order chi connectivity index (χ1) is 10.7. The molecule has 114 valence electrons. The maximum atomic E-state index is 12.1. The zero-order valence-corrected chi connectivity index (χ0v) is 12.7. The van der Waals surface area contributed by atoms with Crippen LogP contribution in [-0.2, 0) is 4.79 Å². The average molecular weight is 295 g/mol. The third kappa shape index (κ3) is 3.36. The first-order valence-electron chi connectivity index (χ1n) is 7.94. The fourth-order valence-corrected chi connectivity index (χ4v) is 3.03. The Balaban J connectivity index is 1.44. The second-order valence-electron chi connectivity index (χ2n) is 6.16. The molecular formula is C18H21N3O. The van der Waals surface area contributed by atoms with Crippen LogP contribution in [0.15, 0.2) is 40.6 Å². The number of benzene rings is 1. The van der Waals surface area contributed by atoms with Crippen LogP contribution < -0.4 is 5.32 Å². The fourth-order valence-electron chi connectivity index (χ4n) is 3.03. The Labute approximate surface area is 131 Å². The molecular weight excluding hydrogens is 274 g/mol. The van der Waals surface area contributed by atoms with Gasteiger partial charge in [0.1, 0.15) is 0 Å². The summed E-state index contributed by atoms with van der Waals surface area (Å²) in [5, 5.41) is 11.3. The molecule has 4 heteroatoms. The van der Waals surface area contributed by atoms with Crippen molar-refractivity contribution in [3.05, 3.63) is 35.9 Å². The summed E-state index contributed by atoms with van der Waals surface area (Å²) < 4.78 is 0. The molecule has 1 saturated carbocycles. The summed E-state index contributed by atoms with van der Waals surface area (Å²) in [6.45, 7) is 0. The average Bonchev–Trinajstić information content (AvgIpc) is 3.29. The van der Waals surface area contributed by atoms with Crippen LogP contribution in [0.2, 0.25) is 0 Å². The number of rotatable bonds is 7. The van der Waals surface area contributed by atoms with Crippen LogP contribution in [0, 0.1) is 12.3 Å². The highest BCUT2D eigenvalue weighted by molar-refractivity contribution is 5.76. The van der Waals surface area contributed by atoms with Crippen LogP contribution in [0.25, 0.3) is 0 Å². The van der Waals surface area contributed by atoms with Crippen molar-refractivity contribution in [2.24, 2.45) is 10.2 Å². The zero-order valence-electron chi connectivity index (χ0n) is 12.7. The molecule has 22 heavy (non-hydrogen) atoms. The van der Waals surface area contributed by atoms with Gasteiger partial charge in [0.25, 0.3) is 0 Å². The number of nitrogens with zero attached hydrogens (tertiary/aromatic N) is 2. The summed E-state index contributed by atoms with van der Waals surface area (Å²) in [5.41, 5.74) is 0.957. The van der Waals surface area contributed by atoms with Crippen molar-refractivity contribution in [3.8, 4) is 12.3 Å². The van der Waals surface area contributed by atoms with Crippen LogP contribution in [0.5, 0.6) is 0 Å². The van der Waals surface area contributed by atoms with E-state index in [2.05, 4.69) is 45.7 Å². The number of carbonyl (C=O) groups excluding carboxylic acids is 1. The van der Waals surface area contributed by atoms with Gasteiger partial charge in [0.2, 0.25) is 5.91 Å². The lowest BCUT2D eigenvalue weighted by Gasteiger charge is -2.37. The fraction of sp³-hybridized carbons (Fsp3) is 0.500. The van der Waals surface area contributed by atoms with Gasteiger partial charge in [-0.3, -0.25) is 4.79 Å². The van der Waals surface area contributed by atoms with Gasteiger partial charge in [-0.2, -0.15) is 10.2 Å². The normalized spacial score (nSPS) is 24.1. The van der Waals surface area contributed by atoms with E-state index < -0.39 is 0 Å². The summed E-state index contributed by atoms with van der Waals surface area (Å²) >= 11 is 0. The number of hydrogen-bond donors (Lipinski definition) is 1. The summed E-state index contributed by atoms with van der Waals surface area (Å²) in [5.74, 6) is 3.16. The predicted octanol–water partition coefficient (Wildman–Crippen LogP) is 3.40. The molecule has 0 saturated heterocycles. The van der Waals surface area contributed by atoms with Gasteiger partial charge in [-0.25, -0.2) is 0 Å². The van der Waals surface area contributed by atoms with Gasteiger partial charge in [-0.15, -0.1) is 12.3 Å². The minimum Gasteiger partial charge on any atom is -0.353 e. The molecule has 3 rings (SSSR count). The Hall–Kier alpha value is -2.15. The first kappa shape index (κ1) is 14.8. The molecule has 1 heterocycles. The van der Waals surface area contributed by atoms with E-state index in [1.54, 1.807) is 0 Å². The van der Waals surface area contributed by atoms with Crippen LogP contribution in [0.4, 0.5) is 0 Å². The van der Waals surface area contributed by atoms with Gasteiger partial charge < -0.3 is 5.32 Å². The third-order valence-corrected chi connectivity index (χ3v) is 4.65. The Morgan fingerprint density at radius 3 is 2.64 bits per heavy atom. The number of amides is 1. The van der Waals surface area contributed by atoms with Gasteiger partial charge in [0, 0.05) is 37.6 Å². The quantitative estimate of drug-likeness (QED) is 0.770. The van der Waals surface area contributed by atoms with Gasteiger partial charge >= 0.3 is 0 Å². The van der Waals surface area contributed by atoms with Crippen molar-refractivity contribution in [2.45, 2.75) is 56.1 Å². The van der Waals surface area contributed by atoms with E-state index >= 15 is 0 Å². The molecule has 1 amide bonds. The third-order valence-electron chi connectivity index (χ3n) is 4.65. The lowest BCUT2D eigenvalue weighted by Crippen LogP contribution is -2.45. The molecule has 0 bridgehead atoms. The second kappa shape index (κ2) is 6.31. The molecule has 0 spiro atoms. The minimum atomic E-state index is -0.359. The van der Waals surface area contributed by atoms with E-state index in [-0.39, 0.29) is 17.6 Å². The second-order valence-corrected chi connectivity index (χ2v) is 6.16. The van der Waals surface area contributed by atoms with Crippen molar-refractivity contribution >= 4 is 5.91 Å². The van der Waals surface area contributed by atoms with Crippen LogP contribution in [-0.4, -0.2) is 17.6 Å². The van der Waals surface area contributed by atoms with E-state index in [0.717, 1.165) is 19.3 Å². The van der Waals surface area contributed by atoms with Gasteiger partial charge in [-0.1, -0.05) is 30.3 Å². The molecule has 0 aromatic heterocycles. The highest BCUT2D eigenvalue weighted by atomic mass is 16.1. The highest BCUT2D eigenvalue weighted by Gasteiger charge is 2.40. The van der Waals surface area contributed by atoms with Crippen molar-refractivity contribution < 1.29 is 4.79 Å². The predicted molar refractivity (Wildman–Crippen MR) is 85.2 cm³/mol. The molecule has 4 nitrogen and oxygen atoms in total. The molecule has 1 aliphatic carbocycles. The van der Waals surface area contributed by atoms with E-state index in [1.165, 1.54) is 5.56 Å². The summed E-state index contributed by atoms with van der Waals surface area (Å²) in [6, 6.07) is 10.7. The molecule has 1 aromatic carbocycles. The Morgan fingerprint density at radius 1 is 1.27 bits per heavy atom. The van der Waals surface area contributed by atoms with Crippen molar-refractivity contribution in [2.75, 3.05) is 0 Å². The molecule has 1 aliphatic heterocycles. The van der Waals surface area contributed by atoms with Crippen molar-refractivity contribution in [1.29, 1.82) is 0 Å². The van der Waals surface area contributed by atoms with Gasteiger partial charge in [0.05, 0.1) is 0 Å². The Bertz CT molecular complexity index is 597. The van der Waals surface area contributed by atoms with E-state index in [4.69, 9.17) is 6.42 Å². The molecule has 0 radical (unpaired) electrons. The smallest absolute Gasteiger partial charge is 0.220 e. The lowest BCUT2D eigenvalue weighted by atomic mass is 9.75. The first-order valence-corrected chi connectivity index (χ1v) is 7.94. The molecule has 1 aromatic rings. The minimum absolute atomic E-state index is 0.100. The largest absolute Gasteiger partial charge is 0.353 e. The van der Waals surface area contributed by atoms with E-state index in [0.29, 0.717) is 25.2 Å². The Morgan fingerprint density at radius 2 is 2.05 bits per heavy atom. The maximum Gasteiger partial charge on any atom is 0.220 e. The van der Waals surface area contributed by atoms with Crippen LogP contribution in [0.3, 0.4) is 0 Å². The summed E-state index contributed by atoms with van der Waals surface area (Å²) in [7, 11) is 0. The highest BCUT2D eigenvalue weighted by Crippen LogP contribution is 2.39. The maximum absolute atomic E-state index is 12.1.